The molecule has 3 nitrogen and oxygen atoms in total. The first-order chi connectivity index (χ1) is 12.0. The summed E-state index contributed by atoms with van der Waals surface area (Å²) in [5.74, 6) is 1.57. The van der Waals surface area contributed by atoms with E-state index in [4.69, 9.17) is 0 Å². The number of aryl methyl sites for hydroxylation is 1. The van der Waals surface area contributed by atoms with Crippen molar-refractivity contribution in [1.82, 2.24) is 14.5 Å². The highest BCUT2D eigenvalue weighted by molar-refractivity contribution is 7.99. The van der Waals surface area contributed by atoms with Gasteiger partial charge >= 0.3 is 6.18 Å². The summed E-state index contributed by atoms with van der Waals surface area (Å²) in [5, 5.41) is 0. The molecule has 0 fully saturated rings. The van der Waals surface area contributed by atoms with E-state index in [0.717, 1.165) is 34.9 Å². The van der Waals surface area contributed by atoms with Crippen molar-refractivity contribution >= 4 is 22.9 Å². The fraction of sp³-hybridized carbons (Fsp3) is 0.333. The number of fused-ring (bicyclic) bond motifs is 1. The number of rotatable bonds is 5. The van der Waals surface area contributed by atoms with E-state index in [1.807, 2.05) is 35.8 Å². The number of alkyl halides is 3. The van der Waals surface area contributed by atoms with Crippen molar-refractivity contribution in [1.29, 1.82) is 0 Å². The van der Waals surface area contributed by atoms with Gasteiger partial charge in [-0.3, -0.25) is 0 Å². The Morgan fingerprint density at radius 3 is 2.60 bits per heavy atom. The van der Waals surface area contributed by atoms with Gasteiger partial charge in [-0.05, 0) is 24.3 Å². The van der Waals surface area contributed by atoms with Crippen LogP contribution in [0.1, 0.15) is 25.8 Å². The van der Waals surface area contributed by atoms with Gasteiger partial charge in [0, 0.05) is 23.2 Å². The fourth-order valence-corrected chi connectivity index (χ4v) is 3.54. The van der Waals surface area contributed by atoms with Crippen LogP contribution in [0.3, 0.4) is 0 Å². The van der Waals surface area contributed by atoms with E-state index >= 15 is 0 Å². The lowest BCUT2D eigenvalue weighted by Gasteiger charge is -2.11. The van der Waals surface area contributed by atoms with Crippen LogP contribution in [0.25, 0.3) is 22.6 Å². The zero-order valence-electron chi connectivity index (χ0n) is 14.0. The van der Waals surface area contributed by atoms with Crippen molar-refractivity contribution < 1.29 is 13.2 Å². The molecule has 0 unspecified atom stereocenters. The van der Waals surface area contributed by atoms with E-state index in [1.54, 1.807) is 11.8 Å². The number of halogens is 3. The maximum atomic E-state index is 13.0. The van der Waals surface area contributed by atoms with Crippen LogP contribution >= 0.6 is 11.8 Å². The molecule has 0 radical (unpaired) electrons. The monoisotopic (exact) mass is 365 g/mol. The molecular weight excluding hydrogens is 347 g/mol. The second kappa shape index (κ2) is 7.07. The summed E-state index contributed by atoms with van der Waals surface area (Å²) in [7, 11) is 0. The van der Waals surface area contributed by atoms with Crippen LogP contribution in [-0.2, 0) is 12.7 Å². The Morgan fingerprint density at radius 1 is 1.16 bits per heavy atom. The van der Waals surface area contributed by atoms with E-state index in [1.165, 1.54) is 0 Å². The second-order valence-electron chi connectivity index (χ2n) is 5.58. The van der Waals surface area contributed by atoms with Crippen molar-refractivity contribution in [3.63, 3.8) is 0 Å². The Labute approximate surface area is 148 Å². The van der Waals surface area contributed by atoms with Gasteiger partial charge in [0.15, 0.2) is 5.65 Å². The Balaban J connectivity index is 2.22. The van der Waals surface area contributed by atoms with Gasteiger partial charge in [0.1, 0.15) is 11.3 Å². The molecule has 2 heterocycles. The lowest BCUT2D eigenvalue weighted by atomic mass is 10.2. The Hall–Kier alpha value is -2.02. The summed E-state index contributed by atoms with van der Waals surface area (Å²) in [6.07, 6.45) is -2.71. The first-order valence-electron chi connectivity index (χ1n) is 8.11. The van der Waals surface area contributed by atoms with Crippen molar-refractivity contribution in [2.45, 2.75) is 37.9 Å². The summed E-state index contributed by atoms with van der Waals surface area (Å²) in [6.45, 7) is 4.73. The van der Waals surface area contributed by atoms with Crippen molar-refractivity contribution in [2.75, 3.05) is 5.75 Å². The number of benzene rings is 1. The second-order valence-corrected chi connectivity index (χ2v) is 6.89. The Kier molecular flexibility index (Phi) is 5.03. The fourth-order valence-electron chi connectivity index (χ4n) is 2.74. The summed E-state index contributed by atoms with van der Waals surface area (Å²) in [4.78, 5) is 9.63. The molecule has 3 aromatic rings. The predicted octanol–water partition coefficient (Wildman–Crippen LogP) is 5.64. The largest absolute Gasteiger partial charge is 0.417 e. The first-order valence-corrected chi connectivity index (χ1v) is 9.10. The van der Waals surface area contributed by atoms with Gasteiger partial charge in [-0.15, -0.1) is 11.8 Å². The molecule has 0 bridgehead atoms. The highest BCUT2D eigenvalue weighted by Crippen LogP contribution is 2.35. The van der Waals surface area contributed by atoms with Crippen LogP contribution in [0, 0.1) is 0 Å². The molecule has 132 valence electrons. The minimum Gasteiger partial charge on any atom is -0.309 e. The summed E-state index contributed by atoms with van der Waals surface area (Å²) >= 11 is 1.69. The van der Waals surface area contributed by atoms with Crippen LogP contribution in [0.2, 0.25) is 0 Å². The molecule has 0 saturated heterocycles. The molecule has 0 aliphatic carbocycles. The van der Waals surface area contributed by atoms with Crippen LogP contribution in [0.5, 0.6) is 0 Å². The molecule has 1 aromatic carbocycles. The molecule has 2 aromatic heterocycles. The van der Waals surface area contributed by atoms with E-state index in [2.05, 4.69) is 16.9 Å². The molecule has 0 saturated carbocycles. The minimum absolute atomic E-state index is 0.273. The van der Waals surface area contributed by atoms with Gasteiger partial charge < -0.3 is 4.57 Å². The van der Waals surface area contributed by atoms with Crippen molar-refractivity contribution in [2.24, 2.45) is 0 Å². The topological polar surface area (TPSA) is 30.7 Å². The van der Waals surface area contributed by atoms with Crippen LogP contribution in [0.4, 0.5) is 13.2 Å². The summed E-state index contributed by atoms with van der Waals surface area (Å²) < 4.78 is 40.8. The van der Waals surface area contributed by atoms with Crippen molar-refractivity contribution in [3.8, 4) is 11.4 Å². The quantitative estimate of drug-likeness (QED) is 0.548. The van der Waals surface area contributed by atoms with E-state index < -0.39 is 11.7 Å². The number of hydrogen-bond donors (Lipinski definition) is 0. The third kappa shape index (κ3) is 3.51. The third-order valence-electron chi connectivity index (χ3n) is 3.79. The number of aromatic nitrogens is 3. The number of hydrogen-bond acceptors (Lipinski definition) is 3. The van der Waals surface area contributed by atoms with Gasteiger partial charge in [0.2, 0.25) is 0 Å². The summed E-state index contributed by atoms with van der Waals surface area (Å²) in [6, 6.07) is 8.91. The molecular formula is C18H18F3N3S. The van der Waals surface area contributed by atoms with Crippen LogP contribution < -0.4 is 0 Å². The van der Waals surface area contributed by atoms with Gasteiger partial charge in [-0.2, -0.15) is 13.2 Å². The zero-order valence-corrected chi connectivity index (χ0v) is 14.8. The average Bonchev–Trinajstić information content (AvgIpc) is 2.93. The number of imidazole rings is 1. The molecule has 0 spiro atoms. The average molecular weight is 365 g/mol. The lowest BCUT2D eigenvalue weighted by molar-refractivity contribution is -0.137. The number of thioether (sulfide) groups is 1. The smallest absolute Gasteiger partial charge is 0.309 e. The van der Waals surface area contributed by atoms with Crippen LogP contribution in [0.15, 0.2) is 41.4 Å². The maximum Gasteiger partial charge on any atom is 0.417 e. The molecule has 0 atom stereocenters. The van der Waals surface area contributed by atoms with Crippen molar-refractivity contribution in [3.05, 3.63) is 42.1 Å². The molecule has 7 heteroatoms. The molecule has 3 rings (SSSR count). The van der Waals surface area contributed by atoms with Gasteiger partial charge in [-0.25, -0.2) is 9.97 Å². The highest BCUT2D eigenvalue weighted by Gasteiger charge is 2.32. The number of pyridine rings is 1. The molecule has 0 aliphatic heterocycles. The highest BCUT2D eigenvalue weighted by atomic mass is 32.2. The summed E-state index contributed by atoms with van der Waals surface area (Å²) in [5.41, 5.74) is 0.911. The van der Waals surface area contributed by atoms with Crippen LogP contribution in [-0.4, -0.2) is 20.3 Å². The maximum absolute atomic E-state index is 13.0. The van der Waals surface area contributed by atoms with Gasteiger partial charge in [-0.1, -0.05) is 32.0 Å². The molecule has 0 aliphatic rings. The molecule has 0 N–H and O–H groups in total. The predicted molar refractivity (Wildman–Crippen MR) is 94.7 cm³/mol. The van der Waals surface area contributed by atoms with E-state index in [-0.39, 0.29) is 5.52 Å². The molecule has 0 amide bonds. The minimum atomic E-state index is -4.42. The first kappa shape index (κ1) is 17.8. The standard InChI is InChI=1S/C18H18F3N3S/c1-3-9-24-16(13-7-5-6-8-15(13)25-4-2)23-14-10-12(18(19,20)21)11-22-17(14)24/h5-8,10-11H,3-4,9H2,1-2H3. The third-order valence-corrected chi connectivity index (χ3v) is 4.74. The van der Waals surface area contributed by atoms with Gasteiger partial charge in [0.25, 0.3) is 0 Å². The molecule has 25 heavy (non-hydrogen) atoms. The Morgan fingerprint density at radius 2 is 1.92 bits per heavy atom. The normalized spacial score (nSPS) is 12.0. The lowest BCUT2D eigenvalue weighted by Crippen LogP contribution is -2.06. The Bertz CT molecular complexity index is 887. The van der Waals surface area contributed by atoms with E-state index in [0.29, 0.717) is 18.0 Å². The zero-order chi connectivity index (χ0) is 18.0. The number of nitrogens with zero attached hydrogens (tertiary/aromatic N) is 3. The van der Waals surface area contributed by atoms with Gasteiger partial charge in [0.05, 0.1) is 5.56 Å². The van der Waals surface area contributed by atoms with E-state index in [9.17, 15) is 13.2 Å². The SMILES string of the molecule is CCCn1c(-c2ccccc2SCC)nc2cc(C(F)(F)F)cnc21.